The third-order valence-electron chi connectivity index (χ3n) is 3.61. The van der Waals surface area contributed by atoms with E-state index in [2.05, 4.69) is 20.2 Å². The van der Waals surface area contributed by atoms with Gasteiger partial charge in [-0.1, -0.05) is 11.6 Å². The third kappa shape index (κ3) is 3.78. The normalized spacial score (nSPS) is 14.6. The summed E-state index contributed by atoms with van der Waals surface area (Å²) in [5, 5.41) is 3.44. The van der Waals surface area contributed by atoms with Gasteiger partial charge in [0.25, 0.3) is 5.91 Å². The van der Waals surface area contributed by atoms with Gasteiger partial charge in [-0.3, -0.25) is 4.79 Å². The van der Waals surface area contributed by atoms with Crippen molar-refractivity contribution in [3.63, 3.8) is 0 Å². The summed E-state index contributed by atoms with van der Waals surface area (Å²) in [6, 6.07) is 6.95. The van der Waals surface area contributed by atoms with Gasteiger partial charge in [0.15, 0.2) is 0 Å². The molecule has 0 saturated carbocycles. The fraction of sp³-hybridized carbons (Fsp3) is 0.312. The molecule has 0 atom stereocenters. The van der Waals surface area contributed by atoms with E-state index < -0.39 is 0 Å². The molecule has 1 saturated heterocycles. The number of amides is 1. The number of benzene rings is 1. The number of nitrogens with zero attached hydrogens (tertiary/aromatic N) is 3. The lowest BCUT2D eigenvalue weighted by Gasteiger charge is -2.27. The Kier molecular flexibility index (Phi) is 4.73. The van der Waals surface area contributed by atoms with Crippen LogP contribution in [0, 0.1) is 6.92 Å². The largest absolute Gasteiger partial charge is 0.378 e. The van der Waals surface area contributed by atoms with Crippen LogP contribution in [0.1, 0.15) is 16.1 Å². The van der Waals surface area contributed by atoms with Crippen LogP contribution in [0.25, 0.3) is 0 Å². The molecule has 3 rings (SSSR count). The van der Waals surface area contributed by atoms with Gasteiger partial charge in [0.2, 0.25) is 5.95 Å². The molecule has 7 heteroatoms. The molecule has 0 radical (unpaired) electrons. The molecule has 1 amide bonds. The number of aryl methyl sites for hydroxylation is 1. The Labute approximate surface area is 139 Å². The molecule has 1 N–H and O–H groups in total. The Morgan fingerprint density at radius 1 is 1.26 bits per heavy atom. The van der Waals surface area contributed by atoms with E-state index in [-0.39, 0.29) is 5.91 Å². The van der Waals surface area contributed by atoms with E-state index in [0.717, 1.165) is 13.1 Å². The minimum absolute atomic E-state index is 0.238. The van der Waals surface area contributed by atoms with Gasteiger partial charge in [-0.05, 0) is 31.2 Å². The molecule has 2 heterocycles. The van der Waals surface area contributed by atoms with Crippen LogP contribution in [0.5, 0.6) is 0 Å². The average Bonchev–Trinajstić information content (AvgIpc) is 2.57. The van der Waals surface area contributed by atoms with Gasteiger partial charge >= 0.3 is 0 Å². The standard InChI is InChI=1S/C16H17ClN4O2/c1-11-14(15(22)20-13-4-2-12(17)3-5-13)10-18-16(19-11)21-6-8-23-9-7-21/h2-5,10H,6-9H2,1H3,(H,20,22). The molecule has 23 heavy (non-hydrogen) atoms. The van der Waals surface area contributed by atoms with E-state index in [1.54, 1.807) is 30.5 Å². The van der Waals surface area contributed by atoms with E-state index in [1.807, 2.05) is 6.92 Å². The second kappa shape index (κ2) is 6.93. The topological polar surface area (TPSA) is 67.3 Å². The van der Waals surface area contributed by atoms with Crippen molar-refractivity contribution in [3.05, 3.63) is 46.7 Å². The van der Waals surface area contributed by atoms with Crippen LogP contribution in [-0.4, -0.2) is 42.2 Å². The maximum absolute atomic E-state index is 12.3. The third-order valence-corrected chi connectivity index (χ3v) is 3.86. The van der Waals surface area contributed by atoms with Crippen molar-refractivity contribution in [2.24, 2.45) is 0 Å². The summed E-state index contributed by atoms with van der Waals surface area (Å²) in [5.74, 6) is 0.396. The maximum Gasteiger partial charge on any atom is 0.259 e. The molecule has 1 fully saturated rings. The molecule has 0 bridgehead atoms. The van der Waals surface area contributed by atoms with Gasteiger partial charge in [-0.2, -0.15) is 0 Å². The van der Waals surface area contributed by atoms with E-state index in [1.165, 1.54) is 0 Å². The zero-order valence-corrected chi connectivity index (χ0v) is 13.5. The summed E-state index contributed by atoms with van der Waals surface area (Å²) in [5.41, 5.74) is 1.78. The number of rotatable bonds is 3. The number of carbonyl (C=O) groups is 1. The van der Waals surface area contributed by atoms with Crippen molar-refractivity contribution in [2.75, 3.05) is 36.5 Å². The van der Waals surface area contributed by atoms with Crippen LogP contribution in [0.15, 0.2) is 30.5 Å². The van der Waals surface area contributed by atoms with Crippen molar-refractivity contribution >= 4 is 29.1 Å². The predicted octanol–water partition coefficient (Wildman–Crippen LogP) is 2.53. The number of morpholine rings is 1. The van der Waals surface area contributed by atoms with Crippen molar-refractivity contribution in [1.29, 1.82) is 0 Å². The highest BCUT2D eigenvalue weighted by Gasteiger charge is 2.17. The number of aromatic nitrogens is 2. The van der Waals surface area contributed by atoms with Crippen molar-refractivity contribution in [3.8, 4) is 0 Å². The SMILES string of the molecule is Cc1nc(N2CCOCC2)ncc1C(=O)Nc1ccc(Cl)cc1. The van der Waals surface area contributed by atoms with Crippen LogP contribution < -0.4 is 10.2 Å². The molecule has 120 valence electrons. The zero-order chi connectivity index (χ0) is 16.2. The summed E-state index contributed by atoms with van der Waals surface area (Å²) in [4.78, 5) is 23.2. The van der Waals surface area contributed by atoms with Gasteiger partial charge < -0.3 is 15.0 Å². The van der Waals surface area contributed by atoms with E-state index in [0.29, 0.717) is 41.1 Å². The van der Waals surface area contributed by atoms with Gasteiger partial charge in [0, 0.05) is 30.0 Å². The lowest BCUT2D eigenvalue weighted by molar-refractivity contribution is 0.102. The second-order valence-corrected chi connectivity index (χ2v) is 5.67. The minimum atomic E-state index is -0.238. The smallest absolute Gasteiger partial charge is 0.259 e. The Bertz CT molecular complexity index is 700. The number of carbonyl (C=O) groups excluding carboxylic acids is 1. The quantitative estimate of drug-likeness (QED) is 0.935. The monoisotopic (exact) mass is 332 g/mol. The Balaban J connectivity index is 1.74. The molecule has 1 aromatic carbocycles. The molecular formula is C16H17ClN4O2. The van der Waals surface area contributed by atoms with Crippen LogP contribution in [0.3, 0.4) is 0 Å². The second-order valence-electron chi connectivity index (χ2n) is 5.23. The molecule has 1 aliphatic heterocycles. The molecule has 2 aromatic rings. The maximum atomic E-state index is 12.3. The first-order valence-electron chi connectivity index (χ1n) is 7.37. The van der Waals surface area contributed by atoms with Gasteiger partial charge in [-0.25, -0.2) is 9.97 Å². The first kappa shape index (κ1) is 15.7. The fourth-order valence-corrected chi connectivity index (χ4v) is 2.45. The minimum Gasteiger partial charge on any atom is -0.378 e. The average molecular weight is 333 g/mol. The zero-order valence-electron chi connectivity index (χ0n) is 12.8. The lowest BCUT2D eigenvalue weighted by Crippen LogP contribution is -2.37. The van der Waals surface area contributed by atoms with Crippen molar-refractivity contribution in [2.45, 2.75) is 6.92 Å². The number of nitrogens with one attached hydrogen (secondary N) is 1. The molecular weight excluding hydrogens is 316 g/mol. The van der Waals surface area contributed by atoms with Crippen LogP contribution >= 0.6 is 11.6 Å². The Morgan fingerprint density at radius 2 is 1.96 bits per heavy atom. The first-order valence-corrected chi connectivity index (χ1v) is 7.74. The van der Waals surface area contributed by atoms with Gasteiger partial charge in [-0.15, -0.1) is 0 Å². The van der Waals surface area contributed by atoms with Crippen LogP contribution in [-0.2, 0) is 4.74 Å². The highest BCUT2D eigenvalue weighted by atomic mass is 35.5. The Morgan fingerprint density at radius 3 is 2.61 bits per heavy atom. The summed E-state index contributed by atoms with van der Waals surface area (Å²) >= 11 is 5.84. The Hall–Kier alpha value is -2.18. The number of halogens is 1. The summed E-state index contributed by atoms with van der Waals surface area (Å²) in [6.45, 7) is 4.66. The van der Waals surface area contributed by atoms with E-state index >= 15 is 0 Å². The van der Waals surface area contributed by atoms with Crippen LogP contribution in [0.4, 0.5) is 11.6 Å². The summed E-state index contributed by atoms with van der Waals surface area (Å²) in [6.07, 6.45) is 1.57. The highest BCUT2D eigenvalue weighted by Crippen LogP contribution is 2.17. The lowest BCUT2D eigenvalue weighted by atomic mass is 10.2. The molecule has 0 unspecified atom stereocenters. The molecule has 1 aliphatic rings. The number of anilines is 2. The van der Waals surface area contributed by atoms with Gasteiger partial charge in [0.05, 0.1) is 24.5 Å². The van der Waals surface area contributed by atoms with Crippen molar-refractivity contribution < 1.29 is 9.53 Å². The van der Waals surface area contributed by atoms with Crippen LogP contribution in [0.2, 0.25) is 5.02 Å². The first-order chi connectivity index (χ1) is 11.1. The number of ether oxygens (including phenoxy) is 1. The number of hydrogen-bond donors (Lipinski definition) is 1. The fourth-order valence-electron chi connectivity index (χ4n) is 2.33. The van der Waals surface area contributed by atoms with Gasteiger partial charge in [0.1, 0.15) is 0 Å². The molecule has 1 aromatic heterocycles. The molecule has 0 spiro atoms. The van der Waals surface area contributed by atoms with E-state index in [9.17, 15) is 4.79 Å². The summed E-state index contributed by atoms with van der Waals surface area (Å²) in [7, 11) is 0. The molecule has 6 nitrogen and oxygen atoms in total. The summed E-state index contributed by atoms with van der Waals surface area (Å²) < 4.78 is 5.32. The van der Waals surface area contributed by atoms with Crippen molar-refractivity contribution in [1.82, 2.24) is 9.97 Å². The predicted molar refractivity (Wildman–Crippen MR) is 89.2 cm³/mol. The highest BCUT2D eigenvalue weighted by molar-refractivity contribution is 6.30. The van der Waals surface area contributed by atoms with E-state index in [4.69, 9.17) is 16.3 Å². The molecule has 0 aliphatic carbocycles. The number of hydrogen-bond acceptors (Lipinski definition) is 5.